The van der Waals surface area contributed by atoms with Crippen LogP contribution in [0.15, 0.2) is 23.1 Å². The van der Waals surface area contributed by atoms with Crippen molar-refractivity contribution >= 4 is 36.7 Å². The highest BCUT2D eigenvalue weighted by Gasteiger charge is 2.50. The number of nitrogens with zero attached hydrogens (tertiary/aromatic N) is 3. The monoisotopic (exact) mass is 462 g/mol. The van der Waals surface area contributed by atoms with Gasteiger partial charge in [-0.3, -0.25) is 0 Å². The number of fused-ring (bicyclic) bond motifs is 1. The molecule has 168 valence electrons. The zero-order valence-corrected chi connectivity index (χ0v) is 19.7. The summed E-state index contributed by atoms with van der Waals surface area (Å²) in [5, 5.41) is 20.0. The van der Waals surface area contributed by atoms with Gasteiger partial charge in [-0.05, 0) is 55.2 Å². The van der Waals surface area contributed by atoms with E-state index in [-0.39, 0.29) is 16.9 Å². The summed E-state index contributed by atoms with van der Waals surface area (Å²) in [4.78, 5) is 7.11. The van der Waals surface area contributed by atoms with Crippen molar-refractivity contribution in [3.8, 4) is 6.07 Å². The Bertz CT molecular complexity index is 1110. The second-order valence-electron chi connectivity index (χ2n) is 9.53. The molecule has 1 aromatic carbocycles. The van der Waals surface area contributed by atoms with Crippen LogP contribution in [-0.4, -0.2) is 43.7 Å². The van der Waals surface area contributed by atoms with Gasteiger partial charge >= 0.3 is 0 Å². The van der Waals surface area contributed by atoms with E-state index in [1.165, 1.54) is 0 Å². The van der Waals surface area contributed by atoms with Crippen molar-refractivity contribution in [3.05, 3.63) is 18.2 Å². The van der Waals surface area contributed by atoms with Crippen molar-refractivity contribution in [3.63, 3.8) is 0 Å². The van der Waals surface area contributed by atoms with Crippen LogP contribution >= 0.6 is 11.3 Å². The fraction of sp³-hybridized carbons (Fsp3) is 0.636. The number of aromatic nitrogens is 1. The summed E-state index contributed by atoms with van der Waals surface area (Å²) in [7, 11) is -3.80. The molecule has 7 nitrogen and oxygen atoms in total. The van der Waals surface area contributed by atoms with E-state index in [1.807, 2.05) is 19.9 Å². The molecule has 1 saturated heterocycles. The van der Waals surface area contributed by atoms with Crippen LogP contribution in [0.25, 0.3) is 10.2 Å². The Balaban J connectivity index is 1.60. The molecule has 0 spiro atoms. The van der Waals surface area contributed by atoms with Gasteiger partial charge in [-0.1, -0.05) is 31.6 Å². The predicted molar refractivity (Wildman–Crippen MR) is 123 cm³/mol. The molecule has 1 aliphatic carbocycles. The van der Waals surface area contributed by atoms with Crippen LogP contribution in [0.1, 0.15) is 52.4 Å². The molecule has 2 heterocycles. The lowest BCUT2D eigenvalue weighted by Crippen LogP contribution is -2.57. The molecule has 1 aliphatic heterocycles. The van der Waals surface area contributed by atoms with Gasteiger partial charge < -0.3 is 10.0 Å². The molecule has 1 aromatic heterocycles. The molecule has 2 aromatic rings. The lowest BCUT2D eigenvalue weighted by atomic mass is 9.76. The summed E-state index contributed by atoms with van der Waals surface area (Å²) in [6.07, 6.45) is 5.02. The van der Waals surface area contributed by atoms with Gasteiger partial charge in [0.15, 0.2) is 5.13 Å². The largest absolute Gasteiger partial charge is 0.394 e. The highest BCUT2D eigenvalue weighted by molar-refractivity contribution is 7.89. The molecule has 4 rings (SSSR count). The third kappa shape index (κ3) is 4.19. The van der Waals surface area contributed by atoms with Crippen LogP contribution in [0.5, 0.6) is 0 Å². The standard InChI is InChI=1S/C22H30N4O3S2/c1-21(2)9-4-10-22(21,15-27)25-31(28,29)17-6-7-19-18(13-17)24-20(30-19)26-12-3-5-16(14-26)8-11-23/h6-7,13,16,25,27H,3-5,8-10,12,14-15H2,1-2H3. The first-order valence-corrected chi connectivity index (χ1v) is 13.2. The lowest BCUT2D eigenvalue weighted by molar-refractivity contribution is 0.0956. The molecule has 0 amide bonds. The zero-order valence-electron chi connectivity index (χ0n) is 18.1. The van der Waals surface area contributed by atoms with Crippen molar-refractivity contribution in [1.82, 2.24) is 9.71 Å². The van der Waals surface area contributed by atoms with Crippen LogP contribution in [0, 0.1) is 22.7 Å². The normalized spacial score (nSPS) is 26.3. The summed E-state index contributed by atoms with van der Waals surface area (Å²) in [6, 6.07) is 7.33. The number of nitriles is 1. The summed E-state index contributed by atoms with van der Waals surface area (Å²) in [5.41, 5.74) is -0.507. The Morgan fingerprint density at radius 3 is 2.84 bits per heavy atom. The maximum absolute atomic E-state index is 13.2. The third-order valence-electron chi connectivity index (χ3n) is 7.13. The van der Waals surface area contributed by atoms with E-state index in [0.717, 1.165) is 48.6 Å². The molecule has 1 saturated carbocycles. The maximum atomic E-state index is 13.2. The number of hydrogen-bond donors (Lipinski definition) is 2. The van der Waals surface area contributed by atoms with E-state index in [4.69, 9.17) is 10.2 Å². The van der Waals surface area contributed by atoms with Crippen molar-refractivity contribution < 1.29 is 13.5 Å². The molecule has 0 bridgehead atoms. The summed E-state index contributed by atoms with van der Waals surface area (Å²) >= 11 is 1.56. The Kier molecular flexibility index (Phi) is 6.03. The Morgan fingerprint density at radius 1 is 1.35 bits per heavy atom. The number of aliphatic hydroxyl groups is 1. The molecular weight excluding hydrogens is 432 g/mol. The van der Waals surface area contributed by atoms with E-state index < -0.39 is 15.6 Å². The molecule has 2 N–H and O–H groups in total. The van der Waals surface area contributed by atoms with Crippen molar-refractivity contribution in [1.29, 1.82) is 5.26 Å². The number of aliphatic hydroxyl groups excluding tert-OH is 1. The van der Waals surface area contributed by atoms with Gasteiger partial charge in [0.2, 0.25) is 10.0 Å². The van der Waals surface area contributed by atoms with Crippen molar-refractivity contribution in [2.75, 3.05) is 24.6 Å². The third-order valence-corrected chi connectivity index (χ3v) is 9.76. The Morgan fingerprint density at radius 2 is 2.16 bits per heavy atom. The molecule has 2 aliphatic rings. The topological polar surface area (TPSA) is 106 Å². The molecule has 31 heavy (non-hydrogen) atoms. The second-order valence-corrected chi connectivity index (χ2v) is 12.2. The molecule has 0 radical (unpaired) electrons. The minimum absolute atomic E-state index is 0.174. The van der Waals surface area contributed by atoms with Gasteiger partial charge in [-0.15, -0.1) is 0 Å². The molecule has 2 unspecified atom stereocenters. The average molecular weight is 463 g/mol. The number of nitrogens with one attached hydrogen (secondary N) is 1. The SMILES string of the molecule is CC1(C)CCCC1(CO)NS(=O)(=O)c1ccc2sc(N3CCCC(CC#N)C3)nc2c1. The average Bonchev–Trinajstić information content (AvgIpc) is 3.28. The second kappa shape index (κ2) is 8.32. The lowest BCUT2D eigenvalue weighted by Gasteiger charge is -2.40. The number of sulfonamides is 1. The minimum Gasteiger partial charge on any atom is -0.394 e. The Labute approximate surface area is 188 Å². The predicted octanol–water partition coefficient (Wildman–Crippen LogP) is 3.65. The highest BCUT2D eigenvalue weighted by atomic mass is 32.2. The van der Waals surface area contributed by atoms with Crippen LogP contribution < -0.4 is 9.62 Å². The van der Waals surface area contributed by atoms with Crippen LogP contribution in [-0.2, 0) is 10.0 Å². The quantitative estimate of drug-likeness (QED) is 0.679. The highest BCUT2D eigenvalue weighted by Crippen LogP contribution is 2.46. The Hall–Kier alpha value is -1.73. The van der Waals surface area contributed by atoms with Crippen LogP contribution in [0.4, 0.5) is 5.13 Å². The molecular formula is C22H30N4O3S2. The molecule has 2 atom stereocenters. The van der Waals surface area contributed by atoms with E-state index in [0.29, 0.717) is 24.3 Å². The number of rotatable bonds is 6. The molecule has 2 fully saturated rings. The van der Waals surface area contributed by atoms with E-state index in [9.17, 15) is 13.5 Å². The van der Waals surface area contributed by atoms with Gasteiger partial charge in [0.25, 0.3) is 0 Å². The molecule has 9 heteroatoms. The first kappa shape index (κ1) is 22.5. The first-order valence-electron chi connectivity index (χ1n) is 10.9. The van der Waals surface area contributed by atoms with E-state index in [1.54, 1.807) is 23.5 Å². The van der Waals surface area contributed by atoms with Gasteiger partial charge in [0.05, 0.1) is 33.3 Å². The summed E-state index contributed by atoms with van der Waals surface area (Å²) in [6.45, 7) is 5.51. The van der Waals surface area contributed by atoms with Crippen molar-refractivity contribution in [2.45, 2.75) is 62.8 Å². The number of piperidine rings is 1. The number of thiazole rings is 1. The van der Waals surface area contributed by atoms with Crippen LogP contribution in [0.2, 0.25) is 0 Å². The van der Waals surface area contributed by atoms with Gasteiger partial charge in [-0.25, -0.2) is 18.1 Å². The fourth-order valence-corrected chi connectivity index (χ4v) is 7.54. The minimum atomic E-state index is -3.80. The van der Waals surface area contributed by atoms with Crippen LogP contribution in [0.3, 0.4) is 0 Å². The maximum Gasteiger partial charge on any atom is 0.241 e. The fourth-order valence-electron chi connectivity index (χ4n) is 4.97. The number of benzene rings is 1. The van der Waals surface area contributed by atoms with Gasteiger partial charge in [0.1, 0.15) is 0 Å². The number of hydrogen-bond acceptors (Lipinski definition) is 7. The van der Waals surface area contributed by atoms with E-state index in [2.05, 4.69) is 15.7 Å². The smallest absolute Gasteiger partial charge is 0.241 e. The summed E-state index contributed by atoms with van der Waals surface area (Å²) < 4.78 is 30.2. The number of anilines is 1. The van der Waals surface area contributed by atoms with E-state index >= 15 is 0 Å². The zero-order chi connectivity index (χ0) is 22.3. The van der Waals surface area contributed by atoms with Gasteiger partial charge in [0, 0.05) is 19.5 Å². The first-order chi connectivity index (χ1) is 14.7. The summed E-state index contributed by atoms with van der Waals surface area (Å²) in [5.74, 6) is 0.357. The van der Waals surface area contributed by atoms with Gasteiger partial charge in [-0.2, -0.15) is 5.26 Å². The van der Waals surface area contributed by atoms with Crippen molar-refractivity contribution in [2.24, 2.45) is 11.3 Å².